The van der Waals surface area contributed by atoms with Crippen LogP contribution in [0.4, 0.5) is 51.8 Å². The fourth-order valence-electron chi connectivity index (χ4n) is 13.4. The van der Waals surface area contributed by atoms with Crippen LogP contribution in [0.25, 0.3) is 0 Å². The van der Waals surface area contributed by atoms with Gasteiger partial charge in [0, 0.05) is 47.8 Å². The standard InChI is InChI=1S/C86H125N7/c1-7-13-19-25-31-37-46-72-52-43-55-78(64-72)91(82-67-75(58-61-87-82)49-40-34-28-22-16-10-4)81-70-85(92(79-56-44-53-73(65-79)47-38-32-26-20-14-8-2)83-68-76(59-62-88-83)50-41-35-29-23-17-11-5)90-86(71-81)93(80-57-45-54-74(66-80)48-39-33-27-21-15-9-3)84-69-77(60-63-89-84)51-42-36-30-24-18-12-6/h43-45,52-71H,7-42,46-51H2,1-6H3. The molecule has 0 N–H and O–H groups in total. The fraction of sp³-hybridized carbons (Fsp3) is 0.558. The van der Waals surface area contributed by atoms with Gasteiger partial charge in [-0.15, -0.1) is 0 Å². The molecule has 0 aliphatic carbocycles. The minimum absolute atomic E-state index is 0.802. The number of aromatic nitrogens is 4. The average molecular weight is 1260 g/mol. The van der Waals surface area contributed by atoms with E-state index in [1.807, 2.05) is 12.4 Å². The van der Waals surface area contributed by atoms with Gasteiger partial charge >= 0.3 is 0 Å². The van der Waals surface area contributed by atoms with Gasteiger partial charge in [-0.25, -0.2) is 19.9 Å². The van der Waals surface area contributed by atoms with Crippen LogP contribution in [0, 0.1) is 0 Å². The summed E-state index contributed by atoms with van der Waals surface area (Å²) in [4.78, 5) is 29.3. The third kappa shape index (κ3) is 26.8. The van der Waals surface area contributed by atoms with Crippen LogP contribution in [0.1, 0.15) is 306 Å². The van der Waals surface area contributed by atoms with Crippen molar-refractivity contribution in [2.75, 3.05) is 14.7 Å². The Morgan fingerprint density at radius 3 is 0.731 bits per heavy atom. The van der Waals surface area contributed by atoms with E-state index in [0.717, 1.165) is 103 Å². The highest BCUT2D eigenvalue weighted by Crippen LogP contribution is 2.44. The quantitative estimate of drug-likeness (QED) is 0.0352. The van der Waals surface area contributed by atoms with Gasteiger partial charge in [-0.3, -0.25) is 14.7 Å². The van der Waals surface area contributed by atoms with Crippen LogP contribution in [0.3, 0.4) is 0 Å². The number of rotatable bonds is 51. The van der Waals surface area contributed by atoms with Gasteiger partial charge in [-0.05, 0) is 183 Å². The van der Waals surface area contributed by atoms with Crippen LogP contribution in [0.2, 0.25) is 0 Å². The van der Waals surface area contributed by atoms with Crippen molar-refractivity contribution >= 4 is 51.8 Å². The molecule has 0 saturated carbocycles. The monoisotopic (exact) mass is 1260 g/mol. The smallest absolute Gasteiger partial charge is 0.143 e. The predicted octanol–water partition coefficient (Wildman–Crippen LogP) is 27.1. The molecule has 0 fully saturated rings. The lowest BCUT2D eigenvalue weighted by atomic mass is 10.0. The van der Waals surface area contributed by atoms with Gasteiger partial charge in [0.1, 0.15) is 29.1 Å². The minimum Gasteiger partial charge on any atom is -0.295 e. The molecule has 0 amide bonds. The first kappa shape index (κ1) is 74.1. The summed E-state index contributed by atoms with van der Waals surface area (Å²) in [5.74, 6) is 4.27. The number of anilines is 9. The number of hydrogen-bond acceptors (Lipinski definition) is 7. The Balaban J connectivity index is 1.47. The van der Waals surface area contributed by atoms with Crippen molar-refractivity contribution in [1.29, 1.82) is 0 Å². The lowest BCUT2D eigenvalue weighted by Crippen LogP contribution is -2.20. The second-order valence-electron chi connectivity index (χ2n) is 27.2. The van der Waals surface area contributed by atoms with Gasteiger partial charge in [0.05, 0.1) is 5.69 Å². The van der Waals surface area contributed by atoms with Gasteiger partial charge in [0.15, 0.2) is 0 Å². The first-order chi connectivity index (χ1) is 45.9. The third-order valence-corrected chi connectivity index (χ3v) is 19.0. The van der Waals surface area contributed by atoms with E-state index in [1.54, 1.807) is 0 Å². The van der Waals surface area contributed by atoms with E-state index >= 15 is 0 Å². The number of hydrogen-bond donors (Lipinski definition) is 0. The van der Waals surface area contributed by atoms with E-state index in [0.29, 0.717) is 0 Å². The van der Waals surface area contributed by atoms with Crippen molar-refractivity contribution in [3.8, 4) is 0 Å². The second kappa shape index (κ2) is 45.1. The van der Waals surface area contributed by atoms with Crippen molar-refractivity contribution in [3.05, 3.63) is 173 Å². The average Bonchev–Trinajstić information content (AvgIpc) is 0.787. The fourth-order valence-corrected chi connectivity index (χ4v) is 13.4. The molecule has 4 aromatic heterocycles. The number of benzene rings is 3. The Morgan fingerprint density at radius 2 is 0.452 bits per heavy atom. The van der Waals surface area contributed by atoms with Crippen LogP contribution < -0.4 is 14.7 Å². The zero-order chi connectivity index (χ0) is 65.2. The highest BCUT2D eigenvalue weighted by atomic mass is 15.3. The van der Waals surface area contributed by atoms with Gasteiger partial charge in [-0.2, -0.15) is 0 Å². The van der Waals surface area contributed by atoms with Gasteiger partial charge < -0.3 is 0 Å². The maximum absolute atomic E-state index is 6.05. The zero-order valence-electron chi connectivity index (χ0n) is 59.6. The summed E-state index contributed by atoms with van der Waals surface area (Å²) in [7, 11) is 0. The Hall–Kier alpha value is -6.34. The summed E-state index contributed by atoms with van der Waals surface area (Å²) < 4.78 is 0. The molecule has 504 valence electrons. The van der Waals surface area contributed by atoms with Crippen molar-refractivity contribution in [3.63, 3.8) is 0 Å². The molecule has 0 bridgehead atoms. The molecule has 0 spiro atoms. The molecule has 0 saturated heterocycles. The molecule has 0 radical (unpaired) electrons. The normalized spacial score (nSPS) is 11.4. The SMILES string of the molecule is CCCCCCCCc1cccc(N(c2cc(N(c3cccc(CCCCCCCC)c3)c3cc(CCCCCCCC)ccn3)nc(N(c3cccc(CCCCCCCC)c3)c3cc(CCCCCCCC)ccn3)c2)c2cc(CCCCCCCC)ccn2)c1. The molecule has 7 nitrogen and oxygen atoms in total. The summed E-state index contributed by atoms with van der Waals surface area (Å²) in [6.07, 6.45) is 57.8. The molecule has 0 atom stereocenters. The summed E-state index contributed by atoms with van der Waals surface area (Å²) in [5, 5.41) is 0. The second-order valence-corrected chi connectivity index (χ2v) is 27.2. The first-order valence-electron chi connectivity index (χ1n) is 38.5. The van der Waals surface area contributed by atoms with Gasteiger partial charge in [0.25, 0.3) is 0 Å². The van der Waals surface area contributed by atoms with E-state index < -0.39 is 0 Å². The minimum atomic E-state index is 0.802. The highest BCUT2D eigenvalue weighted by Gasteiger charge is 2.26. The molecule has 7 heteroatoms. The molecule has 0 unspecified atom stereocenters. The molecule has 7 rings (SSSR count). The van der Waals surface area contributed by atoms with Gasteiger partial charge in [-0.1, -0.05) is 271 Å². The summed E-state index contributed by atoms with van der Waals surface area (Å²) in [5.41, 5.74) is 12.2. The third-order valence-electron chi connectivity index (χ3n) is 19.0. The van der Waals surface area contributed by atoms with Crippen LogP contribution >= 0.6 is 0 Å². The summed E-state index contributed by atoms with van der Waals surface area (Å²) >= 11 is 0. The van der Waals surface area contributed by atoms with Crippen LogP contribution in [-0.4, -0.2) is 19.9 Å². The summed E-state index contributed by atoms with van der Waals surface area (Å²) in [6.45, 7) is 13.8. The van der Waals surface area contributed by atoms with E-state index in [2.05, 4.69) is 184 Å². The topological polar surface area (TPSA) is 61.3 Å². The molecule has 0 aliphatic heterocycles. The maximum atomic E-state index is 6.05. The van der Waals surface area contributed by atoms with E-state index in [1.165, 1.54) is 252 Å². The van der Waals surface area contributed by atoms with Crippen molar-refractivity contribution in [1.82, 2.24) is 19.9 Å². The molecule has 3 aromatic carbocycles. The van der Waals surface area contributed by atoms with Crippen LogP contribution in [-0.2, 0) is 38.5 Å². The van der Waals surface area contributed by atoms with Crippen LogP contribution in [0.15, 0.2) is 140 Å². The lowest BCUT2D eigenvalue weighted by Gasteiger charge is -2.31. The Labute approximate surface area is 567 Å². The molecular formula is C86H125N7. The number of aryl methyl sites for hydroxylation is 6. The molecular weight excluding hydrogens is 1130 g/mol. The van der Waals surface area contributed by atoms with Crippen molar-refractivity contribution in [2.45, 2.75) is 311 Å². The lowest BCUT2D eigenvalue weighted by molar-refractivity contribution is 0.607. The van der Waals surface area contributed by atoms with E-state index in [4.69, 9.17) is 19.9 Å². The zero-order valence-corrected chi connectivity index (χ0v) is 59.6. The Morgan fingerprint density at radius 1 is 0.215 bits per heavy atom. The van der Waals surface area contributed by atoms with Crippen LogP contribution in [0.5, 0.6) is 0 Å². The predicted molar refractivity (Wildman–Crippen MR) is 404 cm³/mol. The highest BCUT2D eigenvalue weighted by molar-refractivity contribution is 5.85. The van der Waals surface area contributed by atoms with Crippen molar-refractivity contribution in [2.24, 2.45) is 0 Å². The first-order valence-corrected chi connectivity index (χ1v) is 38.5. The largest absolute Gasteiger partial charge is 0.295 e. The van der Waals surface area contributed by atoms with E-state index in [-0.39, 0.29) is 0 Å². The van der Waals surface area contributed by atoms with Crippen molar-refractivity contribution < 1.29 is 0 Å². The molecule has 7 aromatic rings. The van der Waals surface area contributed by atoms with E-state index in [9.17, 15) is 0 Å². The molecule has 0 aliphatic rings. The van der Waals surface area contributed by atoms with Gasteiger partial charge in [0.2, 0.25) is 0 Å². The number of unbranched alkanes of at least 4 members (excludes halogenated alkanes) is 30. The summed E-state index contributed by atoms with van der Waals surface area (Å²) in [6, 6.07) is 46.5. The number of pyridine rings is 4. The number of nitrogens with zero attached hydrogens (tertiary/aromatic N) is 7. The maximum Gasteiger partial charge on any atom is 0.143 e. The molecule has 4 heterocycles. The Bertz CT molecular complexity index is 2580. The molecule has 93 heavy (non-hydrogen) atoms. The Kier molecular flexibility index (Phi) is 35.9.